The smallest absolute Gasteiger partial charge is 0.416 e. The van der Waals surface area contributed by atoms with E-state index >= 15 is 0 Å². The van der Waals surface area contributed by atoms with Crippen molar-refractivity contribution in [1.29, 1.82) is 0 Å². The van der Waals surface area contributed by atoms with Gasteiger partial charge in [0, 0.05) is 7.11 Å². The van der Waals surface area contributed by atoms with Gasteiger partial charge in [-0.1, -0.05) is 13.3 Å². The van der Waals surface area contributed by atoms with Gasteiger partial charge >= 0.3 is 12.1 Å². The molecule has 1 aromatic rings. The summed E-state index contributed by atoms with van der Waals surface area (Å²) >= 11 is 0. The van der Waals surface area contributed by atoms with Crippen LogP contribution in [-0.4, -0.2) is 39.4 Å². The van der Waals surface area contributed by atoms with Crippen LogP contribution in [-0.2, 0) is 20.4 Å². The average Bonchev–Trinajstić information content (AvgIpc) is 2.53. The maximum atomic E-state index is 12.8. The summed E-state index contributed by atoms with van der Waals surface area (Å²) in [5.74, 6) is -0.329. The number of anilines is 1. The minimum Gasteiger partial charge on any atom is -0.489 e. The van der Waals surface area contributed by atoms with Crippen LogP contribution in [0.2, 0.25) is 0 Å². The number of carbonyl (C=O) groups excluding carboxylic acids is 1. The summed E-state index contributed by atoms with van der Waals surface area (Å²) in [4.78, 5) is 11.6. The highest BCUT2D eigenvalue weighted by molar-refractivity contribution is 5.76. The first-order valence-electron chi connectivity index (χ1n) is 7.61. The second-order valence-corrected chi connectivity index (χ2v) is 4.98. The second kappa shape index (κ2) is 10.0. The van der Waals surface area contributed by atoms with Crippen LogP contribution in [0.3, 0.4) is 0 Å². The summed E-state index contributed by atoms with van der Waals surface area (Å²) < 4.78 is 53.7. The Morgan fingerprint density at radius 1 is 1.21 bits per heavy atom. The molecule has 0 unspecified atom stereocenters. The zero-order chi connectivity index (χ0) is 18.0. The van der Waals surface area contributed by atoms with Gasteiger partial charge in [0.25, 0.3) is 0 Å². The summed E-state index contributed by atoms with van der Waals surface area (Å²) in [6.07, 6.45) is -2.87. The van der Waals surface area contributed by atoms with Gasteiger partial charge < -0.3 is 19.5 Å². The highest BCUT2D eigenvalue weighted by Gasteiger charge is 2.31. The Kier molecular flexibility index (Phi) is 8.39. The number of nitrogens with one attached hydrogen (secondary N) is 1. The minimum atomic E-state index is -4.48. The van der Waals surface area contributed by atoms with Gasteiger partial charge in [-0.3, -0.25) is 4.79 Å². The van der Waals surface area contributed by atoms with Gasteiger partial charge in [0.15, 0.2) is 0 Å². The monoisotopic (exact) mass is 349 g/mol. The third-order valence-corrected chi connectivity index (χ3v) is 3.04. The molecule has 0 heterocycles. The molecule has 0 radical (unpaired) electrons. The molecule has 0 fully saturated rings. The Hall–Kier alpha value is -1.96. The number of methoxy groups -OCH3 is 1. The number of unbranched alkanes of at least 4 members (excludes halogenated alkanes) is 1. The standard InChI is InChI=1S/C16H22F3NO4/c1-3-4-7-24-15(21)11-20-13-10-12(16(17,18)19)5-6-14(13)23-9-8-22-2/h5-6,10,20H,3-4,7-9,11H2,1-2H3. The third kappa shape index (κ3) is 7.08. The molecule has 0 bridgehead atoms. The van der Waals surface area contributed by atoms with E-state index < -0.39 is 17.7 Å². The number of hydrogen-bond donors (Lipinski definition) is 1. The molecule has 136 valence electrons. The van der Waals surface area contributed by atoms with E-state index in [1.807, 2.05) is 6.92 Å². The summed E-state index contributed by atoms with van der Waals surface area (Å²) in [6, 6.07) is 3.04. The summed E-state index contributed by atoms with van der Waals surface area (Å²) in [6.45, 7) is 2.47. The largest absolute Gasteiger partial charge is 0.489 e. The van der Waals surface area contributed by atoms with E-state index in [2.05, 4.69) is 5.32 Å². The number of benzene rings is 1. The van der Waals surface area contributed by atoms with Gasteiger partial charge in [-0.15, -0.1) is 0 Å². The van der Waals surface area contributed by atoms with Crippen LogP contribution in [0.4, 0.5) is 18.9 Å². The van der Waals surface area contributed by atoms with Crippen molar-refractivity contribution in [2.45, 2.75) is 25.9 Å². The first kappa shape index (κ1) is 20.1. The molecule has 8 heteroatoms. The summed E-state index contributed by atoms with van der Waals surface area (Å²) in [5, 5.41) is 2.64. The lowest BCUT2D eigenvalue weighted by molar-refractivity contribution is -0.141. The molecule has 0 aliphatic heterocycles. The fraction of sp³-hybridized carbons (Fsp3) is 0.562. The number of carbonyl (C=O) groups is 1. The molecule has 0 atom stereocenters. The van der Waals surface area contributed by atoms with E-state index in [-0.39, 0.29) is 31.2 Å². The van der Waals surface area contributed by atoms with Gasteiger partial charge in [-0.25, -0.2) is 0 Å². The number of rotatable bonds is 10. The fourth-order valence-corrected chi connectivity index (χ4v) is 1.75. The molecule has 1 aromatic carbocycles. The van der Waals surface area contributed by atoms with Crippen molar-refractivity contribution in [1.82, 2.24) is 0 Å². The molecular weight excluding hydrogens is 327 g/mol. The molecular formula is C16H22F3NO4. The highest BCUT2D eigenvalue weighted by atomic mass is 19.4. The summed E-state index contributed by atoms with van der Waals surface area (Å²) in [7, 11) is 1.49. The van der Waals surface area contributed by atoms with Crippen LogP contribution in [0, 0.1) is 0 Å². The Morgan fingerprint density at radius 3 is 2.58 bits per heavy atom. The molecule has 0 aromatic heterocycles. The van der Waals surface area contributed by atoms with Crippen molar-refractivity contribution >= 4 is 11.7 Å². The number of hydrogen-bond acceptors (Lipinski definition) is 5. The lowest BCUT2D eigenvalue weighted by Crippen LogP contribution is -2.18. The van der Waals surface area contributed by atoms with Crippen LogP contribution in [0.25, 0.3) is 0 Å². The fourth-order valence-electron chi connectivity index (χ4n) is 1.75. The van der Waals surface area contributed by atoms with Gasteiger partial charge in [-0.2, -0.15) is 13.2 Å². The van der Waals surface area contributed by atoms with Gasteiger partial charge in [0.05, 0.1) is 24.5 Å². The lowest BCUT2D eigenvalue weighted by atomic mass is 10.1. The van der Waals surface area contributed by atoms with Crippen LogP contribution >= 0.6 is 0 Å². The Morgan fingerprint density at radius 2 is 1.96 bits per heavy atom. The van der Waals surface area contributed by atoms with Crippen LogP contribution in [0.5, 0.6) is 5.75 Å². The van der Waals surface area contributed by atoms with Gasteiger partial charge in [0.2, 0.25) is 0 Å². The first-order chi connectivity index (χ1) is 11.4. The topological polar surface area (TPSA) is 56.8 Å². The molecule has 0 aliphatic rings. The molecule has 0 amide bonds. The molecule has 5 nitrogen and oxygen atoms in total. The van der Waals surface area contributed by atoms with E-state index in [1.165, 1.54) is 13.2 Å². The Bertz CT molecular complexity index is 521. The van der Waals surface area contributed by atoms with Crippen molar-refractivity contribution in [2.75, 3.05) is 38.8 Å². The predicted octanol–water partition coefficient (Wildman–Crippen LogP) is 3.49. The van der Waals surface area contributed by atoms with E-state index in [9.17, 15) is 18.0 Å². The van der Waals surface area contributed by atoms with Gasteiger partial charge in [0.1, 0.15) is 18.9 Å². The highest BCUT2D eigenvalue weighted by Crippen LogP contribution is 2.35. The Balaban J connectivity index is 2.76. The zero-order valence-corrected chi connectivity index (χ0v) is 13.7. The Labute approximate surface area is 139 Å². The lowest BCUT2D eigenvalue weighted by Gasteiger charge is -2.15. The molecule has 0 saturated heterocycles. The van der Waals surface area contributed by atoms with Crippen LogP contribution in [0.15, 0.2) is 18.2 Å². The second-order valence-electron chi connectivity index (χ2n) is 4.98. The van der Waals surface area contributed by atoms with Crippen molar-refractivity contribution in [2.24, 2.45) is 0 Å². The molecule has 0 saturated carbocycles. The van der Waals surface area contributed by atoms with Crippen molar-refractivity contribution in [3.63, 3.8) is 0 Å². The van der Waals surface area contributed by atoms with E-state index in [0.717, 1.165) is 25.0 Å². The molecule has 24 heavy (non-hydrogen) atoms. The van der Waals surface area contributed by atoms with E-state index in [0.29, 0.717) is 6.61 Å². The van der Waals surface area contributed by atoms with E-state index in [1.54, 1.807) is 0 Å². The van der Waals surface area contributed by atoms with Gasteiger partial charge in [-0.05, 0) is 24.6 Å². The average molecular weight is 349 g/mol. The number of ether oxygens (including phenoxy) is 3. The molecule has 1 N–H and O–H groups in total. The van der Waals surface area contributed by atoms with Crippen LogP contribution < -0.4 is 10.1 Å². The van der Waals surface area contributed by atoms with Crippen molar-refractivity contribution in [3.05, 3.63) is 23.8 Å². The number of esters is 1. The van der Waals surface area contributed by atoms with E-state index in [4.69, 9.17) is 14.2 Å². The third-order valence-electron chi connectivity index (χ3n) is 3.04. The molecule has 0 aliphatic carbocycles. The van der Waals surface area contributed by atoms with Crippen LogP contribution in [0.1, 0.15) is 25.3 Å². The normalized spacial score (nSPS) is 11.2. The number of alkyl halides is 3. The maximum Gasteiger partial charge on any atom is 0.416 e. The first-order valence-corrected chi connectivity index (χ1v) is 7.61. The predicted molar refractivity (Wildman–Crippen MR) is 83.2 cm³/mol. The molecule has 1 rings (SSSR count). The minimum absolute atomic E-state index is 0.0772. The van der Waals surface area contributed by atoms with Crippen molar-refractivity contribution in [3.8, 4) is 5.75 Å². The quantitative estimate of drug-likeness (QED) is 0.518. The molecule has 0 spiro atoms. The maximum absolute atomic E-state index is 12.8. The zero-order valence-electron chi connectivity index (χ0n) is 13.7. The summed E-state index contributed by atoms with van der Waals surface area (Å²) in [5.41, 5.74) is -0.753. The SMILES string of the molecule is CCCCOC(=O)CNc1cc(C(F)(F)F)ccc1OCCOC. The number of halogens is 3. The van der Waals surface area contributed by atoms with Crippen molar-refractivity contribution < 1.29 is 32.2 Å².